The molecule has 0 aliphatic heterocycles. The van der Waals surface area contributed by atoms with Crippen molar-refractivity contribution in [2.75, 3.05) is 18.0 Å². The molecule has 6 nitrogen and oxygen atoms in total. The average Bonchev–Trinajstić information content (AvgIpc) is 2.83. The number of ether oxygens (including phenoxy) is 1. The van der Waals surface area contributed by atoms with Gasteiger partial charge in [0, 0.05) is 5.02 Å². The maximum atomic E-state index is 13.5. The highest BCUT2D eigenvalue weighted by molar-refractivity contribution is 7.92. The van der Waals surface area contributed by atoms with Crippen LogP contribution in [0.4, 0.5) is 5.69 Å². The summed E-state index contributed by atoms with van der Waals surface area (Å²) in [6.45, 7) is 3.66. The Morgan fingerprint density at radius 3 is 2.23 bits per heavy atom. The van der Waals surface area contributed by atoms with Gasteiger partial charge in [0.2, 0.25) is 5.91 Å². The highest BCUT2D eigenvalue weighted by Crippen LogP contribution is 2.33. The highest BCUT2D eigenvalue weighted by Gasteiger charge is 2.29. The molecular weight excluding hydrogens is 507 g/mol. The van der Waals surface area contributed by atoms with E-state index in [1.165, 1.54) is 30.3 Å². The number of benzene rings is 3. The van der Waals surface area contributed by atoms with Gasteiger partial charge in [-0.2, -0.15) is 0 Å². The minimum Gasteiger partial charge on any atom is -0.497 e. The summed E-state index contributed by atoms with van der Waals surface area (Å²) in [5.41, 5.74) is 1.06. The van der Waals surface area contributed by atoms with Crippen LogP contribution in [0.1, 0.15) is 31.9 Å². The Kier molecular flexibility index (Phi) is 9.05. The van der Waals surface area contributed by atoms with Crippen LogP contribution in [0, 0.1) is 5.92 Å². The van der Waals surface area contributed by atoms with E-state index in [1.807, 2.05) is 24.3 Å². The van der Waals surface area contributed by atoms with Crippen LogP contribution in [0.25, 0.3) is 0 Å². The third-order valence-electron chi connectivity index (χ3n) is 5.36. The maximum absolute atomic E-state index is 13.5. The molecule has 35 heavy (non-hydrogen) atoms. The fourth-order valence-electron chi connectivity index (χ4n) is 3.66. The van der Waals surface area contributed by atoms with E-state index in [-0.39, 0.29) is 27.6 Å². The standard InChI is InChI=1S/C26H28Cl2N2O4S/c1-18(2)15-24(19-9-12-21(34-3)13-10-19)29-26(31)17-30(25-14-11-20(27)16-23(25)28)35(32,33)22-7-5-4-6-8-22/h4-14,16,18,24H,15,17H2,1-3H3,(H,29,31)/t24-/m1/s1. The van der Waals surface area contributed by atoms with Crippen LogP contribution < -0.4 is 14.4 Å². The van der Waals surface area contributed by atoms with Gasteiger partial charge in [0.05, 0.1) is 28.8 Å². The zero-order chi connectivity index (χ0) is 25.6. The second-order valence-corrected chi connectivity index (χ2v) is 11.1. The van der Waals surface area contributed by atoms with E-state index in [1.54, 1.807) is 25.3 Å². The quantitative estimate of drug-likeness (QED) is 0.340. The van der Waals surface area contributed by atoms with Gasteiger partial charge in [-0.3, -0.25) is 9.10 Å². The zero-order valence-electron chi connectivity index (χ0n) is 19.7. The molecule has 0 unspecified atom stereocenters. The Bertz CT molecular complexity index is 1250. The number of halogens is 2. The van der Waals surface area contributed by atoms with E-state index in [4.69, 9.17) is 27.9 Å². The Morgan fingerprint density at radius 2 is 1.66 bits per heavy atom. The molecule has 1 atom stereocenters. The molecule has 0 radical (unpaired) electrons. The summed E-state index contributed by atoms with van der Waals surface area (Å²) in [7, 11) is -2.50. The van der Waals surface area contributed by atoms with Gasteiger partial charge in [-0.05, 0) is 60.4 Å². The number of hydrogen-bond donors (Lipinski definition) is 1. The van der Waals surface area contributed by atoms with Gasteiger partial charge in [0.15, 0.2) is 0 Å². The van der Waals surface area contributed by atoms with Crippen LogP contribution in [0.5, 0.6) is 5.75 Å². The number of rotatable bonds is 10. The number of nitrogens with one attached hydrogen (secondary N) is 1. The van der Waals surface area contributed by atoms with Crippen LogP contribution in [0.15, 0.2) is 77.7 Å². The highest BCUT2D eigenvalue weighted by atomic mass is 35.5. The van der Waals surface area contributed by atoms with Gasteiger partial charge in [-0.15, -0.1) is 0 Å². The molecule has 1 N–H and O–H groups in total. The second kappa shape index (κ2) is 11.8. The van der Waals surface area contributed by atoms with Crippen molar-refractivity contribution in [3.8, 4) is 5.75 Å². The van der Waals surface area contributed by atoms with E-state index in [2.05, 4.69) is 19.2 Å². The van der Waals surface area contributed by atoms with Crippen LogP contribution in [-0.4, -0.2) is 28.0 Å². The molecule has 186 valence electrons. The summed E-state index contributed by atoms with van der Waals surface area (Å²) in [5.74, 6) is 0.537. The number of nitrogens with zero attached hydrogens (tertiary/aromatic N) is 1. The lowest BCUT2D eigenvalue weighted by atomic mass is 9.97. The Morgan fingerprint density at radius 1 is 1.00 bits per heavy atom. The summed E-state index contributed by atoms with van der Waals surface area (Å²) in [5, 5.41) is 3.48. The third kappa shape index (κ3) is 6.90. The van der Waals surface area contributed by atoms with Crippen LogP contribution in [0.3, 0.4) is 0 Å². The molecule has 0 spiro atoms. The average molecular weight is 535 g/mol. The van der Waals surface area contributed by atoms with Gasteiger partial charge in [0.1, 0.15) is 12.3 Å². The minimum absolute atomic E-state index is 0.0488. The topological polar surface area (TPSA) is 75.7 Å². The molecule has 0 saturated carbocycles. The number of methoxy groups -OCH3 is 1. The van der Waals surface area contributed by atoms with E-state index < -0.39 is 22.5 Å². The van der Waals surface area contributed by atoms with E-state index in [0.29, 0.717) is 17.2 Å². The van der Waals surface area contributed by atoms with Crippen molar-refractivity contribution in [1.29, 1.82) is 0 Å². The fraction of sp³-hybridized carbons (Fsp3) is 0.269. The molecule has 1 amide bonds. The number of sulfonamides is 1. The summed E-state index contributed by atoms with van der Waals surface area (Å²) < 4.78 is 33.3. The smallest absolute Gasteiger partial charge is 0.264 e. The molecule has 0 aliphatic carbocycles. The maximum Gasteiger partial charge on any atom is 0.264 e. The SMILES string of the molecule is COc1ccc([C@@H](CC(C)C)NC(=O)CN(c2ccc(Cl)cc2Cl)S(=O)(=O)c2ccccc2)cc1. The van der Waals surface area contributed by atoms with Gasteiger partial charge in [0.25, 0.3) is 10.0 Å². The number of amides is 1. The molecule has 0 aliphatic rings. The normalized spacial score (nSPS) is 12.3. The lowest BCUT2D eigenvalue weighted by molar-refractivity contribution is -0.120. The van der Waals surface area contributed by atoms with Crippen molar-refractivity contribution in [3.05, 3.63) is 88.4 Å². The number of carbonyl (C=O) groups is 1. The first-order valence-electron chi connectivity index (χ1n) is 11.1. The van der Waals surface area contributed by atoms with Crippen molar-refractivity contribution in [3.63, 3.8) is 0 Å². The monoisotopic (exact) mass is 534 g/mol. The summed E-state index contributed by atoms with van der Waals surface area (Å²) in [6.07, 6.45) is 0.672. The van der Waals surface area contributed by atoms with E-state index >= 15 is 0 Å². The molecule has 9 heteroatoms. The Labute approximate surface area is 216 Å². The fourth-order valence-corrected chi connectivity index (χ4v) is 5.68. The molecule has 0 saturated heterocycles. The Hall–Kier alpha value is -2.74. The molecule has 0 aromatic heterocycles. The zero-order valence-corrected chi connectivity index (χ0v) is 22.1. The number of carbonyl (C=O) groups excluding carboxylic acids is 1. The molecule has 0 fully saturated rings. The van der Waals surface area contributed by atoms with Crippen LogP contribution in [0.2, 0.25) is 10.0 Å². The first-order chi connectivity index (χ1) is 16.6. The first kappa shape index (κ1) is 26.9. The first-order valence-corrected chi connectivity index (χ1v) is 13.3. The summed E-state index contributed by atoms with van der Waals surface area (Å²) in [6, 6.07) is 19.5. The Balaban J connectivity index is 1.94. The van der Waals surface area contributed by atoms with Crippen molar-refractivity contribution < 1.29 is 17.9 Å². The van der Waals surface area contributed by atoms with Crippen LogP contribution >= 0.6 is 23.2 Å². The van der Waals surface area contributed by atoms with Gasteiger partial charge >= 0.3 is 0 Å². The summed E-state index contributed by atoms with van der Waals surface area (Å²) >= 11 is 12.4. The number of hydrogen-bond acceptors (Lipinski definition) is 4. The van der Waals surface area contributed by atoms with Crippen LogP contribution in [-0.2, 0) is 14.8 Å². The minimum atomic E-state index is -4.09. The van der Waals surface area contributed by atoms with Crippen molar-refractivity contribution >= 4 is 44.8 Å². The van der Waals surface area contributed by atoms with Gasteiger partial charge in [-0.1, -0.05) is 67.4 Å². The van der Waals surface area contributed by atoms with Gasteiger partial charge in [-0.25, -0.2) is 8.42 Å². The van der Waals surface area contributed by atoms with Crippen molar-refractivity contribution in [2.24, 2.45) is 5.92 Å². The van der Waals surface area contributed by atoms with E-state index in [9.17, 15) is 13.2 Å². The lowest BCUT2D eigenvalue weighted by Crippen LogP contribution is -2.42. The molecule has 0 bridgehead atoms. The third-order valence-corrected chi connectivity index (χ3v) is 7.67. The van der Waals surface area contributed by atoms with Gasteiger partial charge < -0.3 is 10.1 Å². The molecule has 0 heterocycles. The molecule has 3 aromatic rings. The number of anilines is 1. The largest absolute Gasteiger partial charge is 0.497 e. The van der Waals surface area contributed by atoms with E-state index in [0.717, 1.165) is 9.87 Å². The molecular formula is C26H28Cl2N2O4S. The predicted molar refractivity (Wildman–Crippen MR) is 141 cm³/mol. The molecule has 3 aromatic carbocycles. The second-order valence-electron chi connectivity index (χ2n) is 8.44. The van der Waals surface area contributed by atoms with Crippen molar-refractivity contribution in [2.45, 2.75) is 31.2 Å². The van der Waals surface area contributed by atoms with Crippen molar-refractivity contribution in [1.82, 2.24) is 5.32 Å². The molecule has 3 rings (SSSR count). The summed E-state index contributed by atoms with van der Waals surface area (Å²) in [4.78, 5) is 13.3. The predicted octanol–water partition coefficient (Wildman–Crippen LogP) is 6.10. The lowest BCUT2D eigenvalue weighted by Gasteiger charge is -2.27.